The Kier molecular flexibility index (Phi) is 3.99. The van der Waals surface area contributed by atoms with Gasteiger partial charge in [0.05, 0.1) is 19.1 Å². The van der Waals surface area contributed by atoms with Crippen LogP contribution in [0.3, 0.4) is 0 Å². The molecule has 1 fully saturated rings. The van der Waals surface area contributed by atoms with E-state index in [2.05, 4.69) is 4.74 Å². The van der Waals surface area contributed by atoms with E-state index in [0.29, 0.717) is 12.8 Å². The molecule has 0 heterocycles. The zero-order valence-electron chi connectivity index (χ0n) is 10.5. The summed E-state index contributed by atoms with van der Waals surface area (Å²) in [6.45, 7) is 0. The molecule has 0 aromatic heterocycles. The average molecular weight is 249 g/mol. The van der Waals surface area contributed by atoms with Crippen LogP contribution in [-0.2, 0) is 16.0 Å². The molecule has 1 aliphatic rings. The van der Waals surface area contributed by atoms with Gasteiger partial charge < -0.3 is 15.6 Å². The van der Waals surface area contributed by atoms with Gasteiger partial charge in [-0.15, -0.1) is 0 Å². The van der Waals surface area contributed by atoms with Crippen LogP contribution in [0.5, 0.6) is 0 Å². The van der Waals surface area contributed by atoms with Crippen molar-refractivity contribution in [3.05, 3.63) is 35.9 Å². The van der Waals surface area contributed by atoms with Crippen LogP contribution >= 0.6 is 0 Å². The van der Waals surface area contributed by atoms with E-state index in [1.54, 1.807) is 0 Å². The van der Waals surface area contributed by atoms with Gasteiger partial charge in [-0.1, -0.05) is 30.3 Å². The summed E-state index contributed by atoms with van der Waals surface area (Å²) in [6, 6.07) is 9.46. The van der Waals surface area contributed by atoms with Gasteiger partial charge in [0.15, 0.2) is 0 Å². The molecule has 4 heteroatoms. The molecule has 0 spiro atoms. The van der Waals surface area contributed by atoms with Crippen LogP contribution in [0.4, 0.5) is 0 Å². The van der Waals surface area contributed by atoms with Crippen molar-refractivity contribution in [1.82, 2.24) is 0 Å². The lowest BCUT2D eigenvalue weighted by molar-refractivity contribution is -0.142. The molecule has 0 radical (unpaired) electrons. The van der Waals surface area contributed by atoms with Crippen molar-refractivity contribution < 1.29 is 14.6 Å². The number of carbonyl (C=O) groups excluding carboxylic acids is 1. The van der Waals surface area contributed by atoms with Gasteiger partial charge in [-0.25, -0.2) is 0 Å². The normalized spacial score (nSPS) is 25.3. The van der Waals surface area contributed by atoms with Crippen molar-refractivity contribution in [1.29, 1.82) is 0 Å². The summed E-state index contributed by atoms with van der Waals surface area (Å²) in [5.41, 5.74) is 7.09. The Morgan fingerprint density at radius 1 is 1.50 bits per heavy atom. The fraction of sp³-hybridized carbons (Fsp3) is 0.500. The molecule has 2 rings (SSSR count). The standard InChI is InChI=1S/C14H19NO3/c1-18-14(17)11-8-10(11)13(16)12(15)7-9-5-3-2-4-6-9/h2-6,10-13,16H,7-8,15H2,1H3. The van der Waals surface area contributed by atoms with E-state index in [4.69, 9.17) is 5.73 Å². The van der Waals surface area contributed by atoms with Gasteiger partial charge in [-0.3, -0.25) is 4.79 Å². The van der Waals surface area contributed by atoms with Gasteiger partial charge in [0, 0.05) is 12.0 Å². The minimum atomic E-state index is -0.644. The Labute approximate surface area is 107 Å². The first kappa shape index (κ1) is 13.1. The van der Waals surface area contributed by atoms with Crippen molar-refractivity contribution in [2.45, 2.75) is 25.0 Å². The molecule has 3 N–H and O–H groups in total. The Hall–Kier alpha value is -1.39. The zero-order valence-corrected chi connectivity index (χ0v) is 10.5. The minimum absolute atomic E-state index is 0.0452. The number of aliphatic hydroxyl groups is 1. The Morgan fingerprint density at radius 2 is 2.17 bits per heavy atom. The number of carbonyl (C=O) groups is 1. The number of benzene rings is 1. The van der Waals surface area contributed by atoms with Crippen molar-refractivity contribution in [3.8, 4) is 0 Å². The number of hydrogen-bond donors (Lipinski definition) is 2. The number of methoxy groups -OCH3 is 1. The second kappa shape index (κ2) is 5.50. The van der Waals surface area contributed by atoms with E-state index in [1.807, 2.05) is 30.3 Å². The third kappa shape index (κ3) is 2.89. The van der Waals surface area contributed by atoms with E-state index in [1.165, 1.54) is 7.11 Å². The van der Waals surface area contributed by atoms with Gasteiger partial charge in [0.2, 0.25) is 0 Å². The van der Waals surface area contributed by atoms with Gasteiger partial charge in [-0.2, -0.15) is 0 Å². The smallest absolute Gasteiger partial charge is 0.309 e. The molecule has 4 unspecified atom stereocenters. The fourth-order valence-electron chi connectivity index (χ4n) is 2.34. The lowest BCUT2D eigenvalue weighted by Gasteiger charge is -2.18. The first-order chi connectivity index (χ1) is 8.63. The molecule has 18 heavy (non-hydrogen) atoms. The van der Waals surface area contributed by atoms with Crippen molar-refractivity contribution in [3.63, 3.8) is 0 Å². The number of ether oxygens (including phenoxy) is 1. The third-order valence-corrected chi connectivity index (χ3v) is 3.54. The summed E-state index contributed by atoms with van der Waals surface area (Å²) in [7, 11) is 1.37. The summed E-state index contributed by atoms with van der Waals surface area (Å²) in [5.74, 6) is -0.464. The van der Waals surface area contributed by atoms with Crippen LogP contribution in [0.25, 0.3) is 0 Å². The van der Waals surface area contributed by atoms with E-state index in [0.717, 1.165) is 5.56 Å². The summed E-state index contributed by atoms with van der Waals surface area (Å²) in [4.78, 5) is 11.3. The topological polar surface area (TPSA) is 72.5 Å². The molecule has 1 aliphatic carbocycles. The molecule has 4 atom stereocenters. The molecule has 1 saturated carbocycles. The molecule has 0 bridgehead atoms. The Bertz CT molecular complexity index is 407. The molecule has 1 aromatic carbocycles. The van der Waals surface area contributed by atoms with Gasteiger partial charge in [0.1, 0.15) is 0 Å². The number of rotatable bonds is 5. The van der Waals surface area contributed by atoms with Crippen LogP contribution < -0.4 is 5.73 Å². The van der Waals surface area contributed by atoms with Crippen LogP contribution in [-0.4, -0.2) is 30.3 Å². The molecule has 0 amide bonds. The lowest BCUT2D eigenvalue weighted by Crippen LogP contribution is -2.38. The van der Waals surface area contributed by atoms with E-state index in [9.17, 15) is 9.90 Å². The van der Waals surface area contributed by atoms with E-state index >= 15 is 0 Å². The van der Waals surface area contributed by atoms with E-state index < -0.39 is 6.10 Å². The first-order valence-electron chi connectivity index (χ1n) is 6.19. The summed E-state index contributed by atoms with van der Waals surface area (Å²) in [6.07, 6.45) is 0.650. The highest BCUT2D eigenvalue weighted by molar-refractivity contribution is 5.75. The summed E-state index contributed by atoms with van der Waals surface area (Å²) >= 11 is 0. The van der Waals surface area contributed by atoms with Crippen LogP contribution in [0.15, 0.2) is 30.3 Å². The second-order valence-corrected chi connectivity index (χ2v) is 4.87. The second-order valence-electron chi connectivity index (χ2n) is 4.87. The van der Waals surface area contributed by atoms with Crippen molar-refractivity contribution >= 4 is 5.97 Å². The first-order valence-corrected chi connectivity index (χ1v) is 6.19. The molecular formula is C14H19NO3. The number of hydrogen-bond acceptors (Lipinski definition) is 4. The maximum Gasteiger partial charge on any atom is 0.309 e. The fourth-order valence-corrected chi connectivity index (χ4v) is 2.34. The Morgan fingerprint density at radius 3 is 2.78 bits per heavy atom. The maximum absolute atomic E-state index is 11.3. The molecule has 0 aliphatic heterocycles. The van der Waals surface area contributed by atoms with Gasteiger partial charge >= 0.3 is 5.97 Å². The highest BCUT2D eigenvalue weighted by Gasteiger charge is 2.49. The monoisotopic (exact) mass is 249 g/mol. The third-order valence-electron chi connectivity index (χ3n) is 3.54. The number of aliphatic hydroxyl groups excluding tert-OH is 1. The van der Waals surface area contributed by atoms with Crippen LogP contribution in [0.2, 0.25) is 0 Å². The van der Waals surface area contributed by atoms with Gasteiger partial charge in [0.25, 0.3) is 0 Å². The van der Waals surface area contributed by atoms with Crippen molar-refractivity contribution in [2.75, 3.05) is 7.11 Å². The van der Waals surface area contributed by atoms with Crippen LogP contribution in [0, 0.1) is 11.8 Å². The highest BCUT2D eigenvalue weighted by atomic mass is 16.5. The minimum Gasteiger partial charge on any atom is -0.469 e. The van der Waals surface area contributed by atoms with E-state index in [-0.39, 0.29) is 23.8 Å². The lowest BCUT2D eigenvalue weighted by atomic mass is 9.98. The van der Waals surface area contributed by atoms with Crippen molar-refractivity contribution in [2.24, 2.45) is 17.6 Å². The zero-order chi connectivity index (χ0) is 13.1. The molecule has 1 aromatic rings. The van der Waals surface area contributed by atoms with Crippen LogP contribution in [0.1, 0.15) is 12.0 Å². The van der Waals surface area contributed by atoms with Gasteiger partial charge in [-0.05, 0) is 18.4 Å². The SMILES string of the molecule is COC(=O)C1CC1C(O)C(N)Cc1ccccc1. The average Bonchev–Trinajstić information content (AvgIpc) is 3.18. The maximum atomic E-state index is 11.3. The quantitative estimate of drug-likeness (QED) is 0.754. The summed E-state index contributed by atoms with van der Waals surface area (Å²) in [5, 5.41) is 10.1. The number of esters is 1. The summed E-state index contributed by atoms with van der Waals surface area (Å²) < 4.78 is 4.66. The molecule has 0 saturated heterocycles. The predicted octanol–water partition coefficient (Wildman–Crippen LogP) is 0.726. The molecule has 4 nitrogen and oxygen atoms in total. The highest BCUT2D eigenvalue weighted by Crippen LogP contribution is 2.43. The molecule has 98 valence electrons. The predicted molar refractivity (Wildman–Crippen MR) is 67.7 cm³/mol. The largest absolute Gasteiger partial charge is 0.469 e. The molecular weight excluding hydrogens is 230 g/mol. The number of nitrogens with two attached hydrogens (primary N) is 1. The Balaban J connectivity index is 1.87.